The topological polar surface area (TPSA) is 47.3 Å². The predicted octanol–water partition coefficient (Wildman–Crippen LogP) is 3.58. The molecular weight excluding hydrogens is 286 g/mol. The van der Waals surface area contributed by atoms with Gasteiger partial charge in [0.15, 0.2) is 0 Å². The molecule has 0 heterocycles. The first kappa shape index (κ1) is 20.6. The van der Waals surface area contributed by atoms with Crippen molar-refractivity contribution in [3.63, 3.8) is 0 Å². The molecule has 4 nitrogen and oxygen atoms in total. The SMILES string of the molecule is C=CN(/C=C(\C)CC(C=O)N(C)C)Cc1ccccc1.CC#N. The van der Waals surface area contributed by atoms with Gasteiger partial charge in [-0.3, -0.25) is 4.90 Å². The second-order valence-corrected chi connectivity index (χ2v) is 5.41. The molecule has 0 spiro atoms. The van der Waals surface area contributed by atoms with Crippen LogP contribution in [0.5, 0.6) is 0 Å². The van der Waals surface area contributed by atoms with Gasteiger partial charge in [0.1, 0.15) is 6.29 Å². The molecule has 124 valence electrons. The Labute approximate surface area is 140 Å². The van der Waals surface area contributed by atoms with E-state index in [-0.39, 0.29) is 6.04 Å². The first-order valence-corrected chi connectivity index (χ1v) is 7.50. The zero-order valence-corrected chi connectivity index (χ0v) is 14.6. The lowest BCUT2D eigenvalue weighted by Gasteiger charge is -2.21. The van der Waals surface area contributed by atoms with Crippen molar-refractivity contribution < 1.29 is 4.79 Å². The molecule has 0 aliphatic heterocycles. The Morgan fingerprint density at radius 1 is 1.35 bits per heavy atom. The summed E-state index contributed by atoms with van der Waals surface area (Å²) >= 11 is 0. The summed E-state index contributed by atoms with van der Waals surface area (Å²) in [7, 11) is 3.84. The number of nitrogens with zero attached hydrogens (tertiary/aromatic N) is 3. The maximum Gasteiger partial charge on any atom is 0.137 e. The second kappa shape index (κ2) is 12.2. The van der Waals surface area contributed by atoms with Crippen LogP contribution in [0.4, 0.5) is 0 Å². The first-order chi connectivity index (χ1) is 11.0. The van der Waals surface area contributed by atoms with Crippen molar-refractivity contribution in [3.8, 4) is 6.07 Å². The third-order valence-electron chi connectivity index (χ3n) is 3.18. The molecule has 0 saturated carbocycles. The molecule has 0 aromatic heterocycles. The number of benzene rings is 1. The van der Waals surface area contributed by atoms with Crippen molar-refractivity contribution in [3.05, 3.63) is 60.4 Å². The summed E-state index contributed by atoms with van der Waals surface area (Å²) in [6.07, 6.45) is 5.59. The maximum atomic E-state index is 11.0. The molecule has 0 N–H and O–H groups in total. The lowest BCUT2D eigenvalue weighted by Crippen LogP contribution is -2.29. The van der Waals surface area contributed by atoms with Crippen molar-refractivity contribution in [1.82, 2.24) is 9.80 Å². The van der Waals surface area contributed by atoms with Gasteiger partial charge < -0.3 is 9.69 Å². The Kier molecular flexibility index (Phi) is 10.9. The highest BCUT2D eigenvalue weighted by Crippen LogP contribution is 2.11. The normalized spacial score (nSPS) is 11.7. The molecule has 1 atom stereocenters. The summed E-state index contributed by atoms with van der Waals surface area (Å²) in [6.45, 7) is 8.11. The van der Waals surface area contributed by atoms with Crippen molar-refractivity contribution in [2.45, 2.75) is 32.9 Å². The lowest BCUT2D eigenvalue weighted by atomic mass is 10.1. The van der Waals surface area contributed by atoms with Gasteiger partial charge in [0.05, 0.1) is 12.1 Å². The van der Waals surface area contributed by atoms with Gasteiger partial charge in [0.2, 0.25) is 0 Å². The molecule has 0 radical (unpaired) electrons. The van der Waals surface area contributed by atoms with E-state index < -0.39 is 0 Å². The number of aldehydes is 1. The van der Waals surface area contributed by atoms with Crippen LogP contribution < -0.4 is 0 Å². The molecule has 1 rings (SSSR count). The van der Waals surface area contributed by atoms with Gasteiger partial charge in [-0.05, 0) is 39.2 Å². The van der Waals surface area contributed by atoms with Crippen molar-refractivity contribution in [1.29, 1.82) is 5.26 Å². The van der Waals surface area contributed by atoms with Crippen LogP contribution >= 0.6 is 0 Å². The highest BCUT2D eigenvalue weighted by Gasteiger charge is 2.10. The summed E-state index contributed by atoms with van der Waals surface area (Å²) in [5.41, 5.74) is 2.39. The largest absolute Gasteiger partial charge is 0.351 e. The number of carbonyl (C=O) groups is 1. The molecule has 1 aromatic carbocycles. The van der Waals surface area contributed by atoms with Crippen molar-refractivity contribution >= 4 is 6.29 Å². The third-order valence-corrected chi connectivity index (χ3v) is 3.18. The quantitative estimate of drug-likeness (QED) is 0.688. The fraction of sp³-hybridized carbons (Fsp3) is 0.368. The van der Waals surface area contributed by atoms with Crippen LogP contribution in [-0.4, -0.2) is 36.2 Å². The Morgan fingerprint density at radius 2 is 1.91 bits per heavy atom. The Hall–Kier alpha value is -2.38. The van der Waals surface area contributed by atoms with Gasteiger partial charge in [0, 0.05) is 19.7 Å². The number of rotatable bonds is 8. The fourth-order valence-electron chi connectivity index (χ4n) is 1.98. The number of hydrogen-bond donors (Lipinski definition) is 0. The molecular formula is C19H27N3O. The molecule has 1 aromatic rings. The molecule has 4 heteroatoms. The van der Waals surface area contributed by atoms with E-state index >= 15 is 0 Å². The zero-order valence-electron chi connectivity index (χ0n) is 14.6. The molecule has 0 aliphatic rings. The van der Waals surface area contributed by atoms with Gasteiger partial charge in [0.25, 0.3) is 0 Å². The van der Waals surface area contributed by atoms with Crippen LogP contribution in [0.15, 0.2) is 54.9 Å². The molecule has 0 saturated heterocycles. The van der Waals surface area contributed by atoms with Crippen LogP contribution in [0.3, 0.4) is 0 Å². The average molecular weight is 313 g/mol. The Bertz CT molecular complexity index is 529. The van der Waals surface area contributed by atoms with Gasteiger partial charge in [-0.15, -0.1) is 0 Å². The number of carbonyl (C=O) groups excluding carboxylic acids is 1. The van der Waals surface area contributed by atoms with Crippen LogP contribution in [0.1, 0.15) is 25.8 Å². The highest BCUT2D eigenvalue weighted by atomic mass is 16.1. The van der Waals surface area contributed by atoms with Gasteiger partial charge in [-0.1, -0.05) is 42.5 Å². The van der Waals surface area contributed by atoms with Crippen LogP contribution in [0, 0.1) is 11.3 Å². The Balaban J connectivity index is 0.00000149. The van der Waals surface area contributed by atoms with E-state index in [9.17, 15) is 4.79 Å². The van der Waals surface area contributed by atoms with Gasteiger partial charge in [-0.2, -0.15) is 5.26 Å². The molecule has 23 heavy (non-hydrogen) atoms. The number of likely N-dealkylation sites (N-methyl/N-ethyl adjacent to an activating group) is 1. The van der Waals surface area contributed by atoms with E-state index in [4.69, 9.17) is 5.26 Å². The van der Waals surface area contributed by atoms with Gasteiger partial charge in [-0.25, -0.2) is 0 Å². The van der Waals surface area contributed by atoms with Crippen molar-refractivity contribution in [2.75, 3.05) is 14.1 Å². The van der Waals surface area contributed by atoms with Crippen LogP contribution in [-0.2, 0) is 11.3 Å². The highest BCUT2D eigenvalue weighted by molar-refractivity contribution is 5.58. The monoisotopic (exact) mass is 313 g/mol. The first-order valence-electron chi connectivity index (χ1n) is 7.50. The standard InChI is InChI=1S/C17H24N2O.C2H3N/c1-5-19(13-16-9-7-6-8-10-16)12-15(2)11-17(14-20)18(3)4;1-2-3/h5-10,12,14,17H,1,11,13H2,2-4H3;1H3/b15-12+;. The molecule has 0 fully saturated rings. The minimum Gasteiger partial charge on any atom is -0.351 e. The van der Waals surface area contributed by atoms with Crippen molar-refractivity contribution in [2.24, 2.45) is 0 Å². The van der Waals surface area contributed by atoms with E-state index in [1.165, 1.54) is 12.5 Å². The maximum absolute atomic E-state index is 11.0. The smallest absolute Gasteiger partial charge is 0.137 e. The molecule has 0 bridgehead atoms. The summed E-state index contributed by atoms with van der Waals surface area (Å²) in [6, 6.07) is 11.9. The van der Waals surface area contributed by atoms with E-state index in [2.05, 4.69) is 24.9 Å². The van der Waals surface area contributed by atoms with Crippen LogP contribution in [0.2, 0.25) is 0 Å². The van der Waals surface area contributed by atoms with Crippen LogP contribution in [0.25, 0.3) is 0 Å². The average Bonchev–Trinajstić information content (AvgIpc) is 2.53. The third kappa shape index (κ3) is 9.28. The summed E-state index contributed by atoms with van der Waals surface area (Å²) < 4.78 is 0. The summed E-state index contributed by atoms with van der Waals surface area (Å²) in [5, 5.41) is 7.32. The summed E-state index contributed by atoms with van der Waals surface area (Å²) in [4.78, 5) is 15.0. The van der Waals surface area contributed by atoms with Gasteiger partial charge >= 0.3 is 0 Å². The molecule has 0 aliphatic carbocycles. The van der Waals surface area contributed by atoms with E-state index in [1.54, 1.807) is 6.07 Å². The number of hydrogen-bond acceptors (Lipinski definition) is 4. The molecule has 1 unspecified atom stereocenters. The lowest BCUT2D eigenvalue weighted by molar-refractivity contribution is -0.111. The fourth-order valence-corrected chi connectivity index (χ4v) is 1.98. The minimum atomic E-state index is -0.0744. The predicted molar refractivity (Wildman–Crippen MR) is 95.4 cm³/mol. The summed E-state index contributed by atoms with van der Waals surface area (Å²) in [5.74, 6) is 0. The van der Waals surface area contributed by atoms with E-state index in [1.807, 2.05) is 55.2 Å². The van der Waals surface area contributed by atoms with E-state index in [0.717, 1.165) is 24.8 Å². The molecule has 0 amide bonds. The number of nitriles is 1. The zero-order chi connectivity index (χ0) is 17.7. The van der Waals surface area contributed by atoms with E-state index in [0.29, 0.717) is 0 Å². The minimum absolute atomic E-state index is 0.0744. The second-order valence-electron chi connectivity index (χ2n) is 5.41. The Morgan fingerprint density at radius 3 is 2.35 bits per heavy atom.